The number of aliphatic hydroxyl groups is 1. The van der Waals surface area contributed by atoms with Gasteiger partial charge in [0.15, 0.2) is 5.78 Å². The van der Waals surface area contributed by atoms with Crippen molar-refractivity contribution in [2.75, 3.05) is 13.5 Å². The monoisotopic (exact) mass is 364 g/mol. The lowest BCUT2D eigenvalue weighted by Crippen LogP contribution is -2.43. The number of likely N-dealkylation sites (N-methyl/N-ethyl adjacent to an activating group) is 1. The lowest BCUT2D eigenvalue weighted by Gasteiger charge is -2.24. The van der Waals surface area contributed by atoms with Crippen LogP contribution in [-0.2, 0) is 20.8 Å². The van der Waals surface area contributed by atoms with Crippen molar-refractivity contribution >= 4 is 17.6 Å². The first-order valence-corrected chi connectivity index (χ1v) is 8.53. The van der Waals surface area contributed by atoms with Gasteiger partial charge in [-0.2, -0.15) is 0 Å². The lowest BCUT2D eigenvalue weighted by atomic mass is 9.94. The normalized spacial score (nSPS) is 27.8. The number of hydrogen-bond acceptors (Lipinski definition) is 4. The highest BCUT2D eigenvalue weighted by molar-refractivity contribution is 5.92. The summed E-state index contributed by atoms with van der Waals surface area (Å²) in [5, 5.41) is 12.2. The molecule has 0 saturated carbocycles. The zero-order chi connectivity index (χ0) is 23.1. The minimum Gasteiger partial charge on any atom is -0.385 e. The Balaban J connectivity index is 2.40. The van der Waals surface area contributed by atoms with Crippen molar-refractivity contribution in [3.63, 3.8) is 0 Å². The number of aryl methyl sites for hydroxylation is 1. The SMILES string of the molecule is [2H]C1([2H])Cc2ccccc2[C@]([2H])(NC(=O)[C@]([2H])(C)CC(=O)[C@@H](O)C(C)C)C(=O)N1C. The second kappa shape index (κ2) is 8.45. The van der Waals surface area contributed by atoms with Gasteiger partial charge in [0, 0.05) is 30.0 Å². The molecule has 0 spiro atoms. The molecule has 1 aliphatic rings. The minimum absolute atomic E-state index is 0.112. The summed E-state index contributed by atoms with van der Waals surface area (Å²) in [7, 11) is 1.21. The lowest BCUT2D eigenvalue weighted by molar-refractivity contribution is -0.137. The van der Waals surface area contributed by atoms with E-state index in [0.717, 1.165) is 4.90 Å². The van der Waals surface area contributed by atoms with Crippen molar-refractivity contribution in [1.29, 1.82) is 0 Å². The van der Waals surface area contributed by atoms with E-state index < -0.39 is 48.5 Å². The standard InChI is InChI=1S/C20H28N2O4/c1-12(2)18(24)16(23)11-13(3)19(25)21-17-15-8-6-5-7-14(15)9-10-22(4)20(17)26/h5-8,12-13,17-18,24H,9-11H2,1-4H3,(H,21,25)/t13-,17+,18+/m1/s1/i10D2,13D,17D. The molecule has 1 heterocycles. The van der Waals surface area contributed by atoms with E-state index in [2.05, 4.69) is 5.32 Å². The number of nitrogens with one attached hydrogen (secondary N) is 1. The highest BCUT2D eigenvalue weighted by atomic mass is 16.3. The van der Waals surface area contributed by atoms with Gasteiger partial charge in [-0.1, -0.05) is 45.0 Å². The molecule has 0 aromatic heterocycles. The molecule has 0 aliphatic carbocycles. The molecule has 2 rings (SSSR count). The van der Waals surface area contributed by atoms with Crippen molar-refractivity contribution in [3.8, 4) is 0 Å². The van der Waals surface area contributed by atoms with Gasteiger partial charge in [0.05, 0.1) is 1.37 Å². The Kier molecular flexibility index (Phi) is 4.84. The smallest absolute Gasteiger partial charge is 0.249 e. The van der Waals surface area contributed by atoms with Crippen molar-refractivity contribution in [2.45, 2.75) is 45.7 Å². The first kappa shape index (κ1) is 14.9. The summed E-state index contributed by atoms with van der Waals surface area (Å²) in [5.41, 5.74) is 0.495. The van der Waals surface area contributed by atoms with Crippen LogP contribution < -0.4 is 5.32 Å². The van der Waals surface area contributed by atoms with Crippen molar-refractivity contribution in [3.05, 3.63) is 35.4 Å². The van der Waals surface area contributed by atoms with Crippen LogP contribution >= 0.6 is 0 Å². The summed E-state index contributed by atoms with van der Waals surface area (Å²) < 4.78 is 33.4. The molecule has 1 aliphatic heterocycles. The zero-order valence-corrected chi connectivity index (χ0v) is 15.5. The first-order valence-electron chi connectivity index (χ1n) is 10.5. The van der Waals surface area contributed by atoms with Gasteiger partial charge >= 0.3 is 0 Å². The first-order chi connectivity index (χ1) is 13.6. The Morgan fingerprint density at radius 1 is 1.42 bits per heavy atom. The Morgan fingerprint density at radius 2 is 2.08 bits per heavy atom. The molecule has 0 fully saturated rings. The molecule has 2 N–H and O–H groups in total. The van der Waals surface area contributed by atoms with Gasteiger partial charge in [0.25, 0.3) is 0 Å². The average molecular weight is 364 g/mol. The Morgan fingerprint density at radius 3 is 2.73 bits per heavy atom. The summed E-state index contributed by atoms with van der Waals surface area (Å²) >= 11 is 0. The molecule has 0 saturated heterocycles. The molecule has 2 amide bonds. The van der Waals surface area contributed by atoms with Gasteiger partial charge in [-0.25, -0.2) is 0 Å². The van der Waals surface area contributed by atoms with E-state index in [1.165, 1.54) is 20.0 Å². The summed E-state index contributed by atoms with van der Waals surface area (Å²) in [6, 6.07) is 3.90. The van der Waals surface area contributed by atoms with Crippen LogP contribution in [0.1, 0.15) is 49.8 Å². The van der Waals surface area contributed by atoms with Gasteiger partial charge in [0.1, 0.15) is 12.1 Å². The highest BCUT2D eigenvalue weighted by Crippen LogP contribution is 2.25. The van der Waals surface area contributed by atoms with E-state index in [1.54, 1.807) is 32.0 Å². The predicted molar refractivity (Wildman–Crippen MR) is 98.3 cm³/mol. The Labute approximate surface area is 160 Å². The summed E-state index contributed by atoms with van der Waals surface area (Å²) in [6.45, 7) is 2.36. The van der Waals surface area contributed by atoms with E-state index in [0.29, 0.717) is 5.56 Å². The molecule has 1 aromatic carbocycles. The molecular formula is C20H28N2O4. The van der Waals surface area contributed by atoms with Gasteiger partial charge in [-0.15, -0.1) is 0 Å². The molecule has 0 unspecified atom stereocenters. The number of amides is 2. The maximum atomic E-state index is 13.0. The number of rotatable bonds is 6. The van der Waals surface area contributed by atoms with E-state index in [4.69, 9.17) is 5.48 Å². The highest BCUT2D eigenvalue weighted by Gasteiger charge is 2.32. The van der Waals surface area contributed by atoms with E-state index in [9.17, 15) is 19.5 Å². The number of carbonyl (C=O) groups is 3. The van der Waals surface area contributed by atoms with E-state index in [1.807, 2.05) is 0 Å². The van der Waals surface area contributed by atoms with Crippen molar-refractivity contribution in [1.82, 2.24) is 10.2 Å². The molecular weight excluding hydrogens is 332 g/mol. The fraction of sp³-hybridized carbons (Fsp3) is 0.550. The third kappa shape index (κ3) is 4.49. The Hall–Kier alpha value is -2.21. The van der Waals surface area contributed by atoms with E-state index in [-0.39, 0.29) is 17.9 Å². The quantitative estimate of drug-likeness (QED) is 0.800. The van der Waals surface area contributed by atoms with Crippen LogP contribution in [0.3, 0.4) is 0 Å². The largest absolute Gasteiger partial charge is 0.385 e. The number of nitrogens with zero attached hydrogens (tertiary/aromatic N) is 1. The summed E-state index contributed by atoms with van der Waals surface area (Å²) in [6.07, 6.45) is -2.09. The molecule has 0 bridgehead atoms. The summed E-state index contributed by atoms with van der Waals surface area (Å²) in [4.78, 5) is 38.9. The van der Waals surface area contributed by atoms with Crippen molar-refractivity contribution in [2.24, 2.45) is 11.8 Å². The van der Waals surface area contributed by atoms with Crippen LogP contribution in [-0.4, -0.2) is 47.3 Å². The topological polar surface area (TPSA) is 86.7 Å². The van der Waals surface area contributed by atoms with Crippen molar-refractivity contribution < 1.29 is 25.0 Å². The maximum Gasteiger partial charge on any atom is 0.249 e. The Bertz CT molecular complexity index is 859. The number of Topliss-reactive ketones (excluding diaryl/α,β-unsaturated/α-hetero) is 1. The number of carbonyl (C=O) groups excluding carboxylic acids is 3. The zero-order valence-electron chi connectivity index (χ0n) is 19.5. The molecule has 6 heteroatoms. The minimum atomic E-state index is -2.37. The third-order valence-electron chi connectivity index (χ3n) is 4.34. The van der Waals surface area contributed by atoms with Crippen LogP contribution in [0.5, 0.6) is 0 Å². The van der Waals surface area contributed by atoms with Crippen LogP contribution in [0.2, 0.25) is 0 Å². The van der Waals surface area contributed by atoms with Crippen LogP contribution in [0.4, 0.5) is 0 Å². The fourth-order valence-electron chi connectivity index (χ4n) is 2.64. The van der Waals surface area contributed by atoms with E-state index >= 15 is 0 Å². The van der Waals surface area contributed by atoms with Gasteiger partial charge in [-0.3, -0.25) is 14.4 Å². The fourth-order valence-corrected chi connectivity index (χ4v) is 2.64. The molecule has 142 valence electrons. The second-order valence-electron chi connectivity index (χ2n) is 6.80. The third-order valence-corrected chi connectivity index (χ3v) is 4.34. The average Bonchev–Trinajstić information content (AvgIpc) is 2.69. The number of ketones is 1. The summed E-state index contributed by atoms with van der Waals surface area (Å²) in [5.74, 6) is -5.14. The van der Waals surface area contributed by atoms with Gasteiger partial charge in [0.2, 0.25) is 11.8 Å². The number of fused-ring (bicyclic) bond motifs is 1. The molecule has 26 heavy (non-hydrogen) atoms. The number of benzene rings is 1. The predicted octanol–water partition coefficient (Wildman–Crippen LogP) is 1.47. The van der Waals surface area contributed by atoms with Crippen LogP contribution in [0, 0.1) is 11.8 Å². The molecule has 3 atom stereocenters. The van der Waals surface area contributed by atoms with Crippen LogP contribution in [0.25, 0.3) is 0 Å². The molecule has 1 aromatic rings. The van der Waals surface area contributed by atoms with Gasteiger partial charge < -0.3 is 15.3 Å². The maximum absolute atomic E-state index is 13.0. The van der Waals surface area contributed by atoms with Gasteiger partial charge in [-0.05, 0) is 23.5 Å². The number of aliphatic hydroxyl groups excluding tert-OH is 1. The molecule has 0 radical (unpaired) electrons. The second-order valence-corrected chi connectivity index (χ2v) is 6.80. The van der Waals surface area contributed by atoms with Crippen LogP contribution in [0.15, 0.2) is 24.3 Å². The number of hydrogen-bond donors (Lipinski definition) is 2. The molecule has 6 nitrogen and oxygen atoms in total.